The predicted molar refractivity (Wildman–Crippen MR) is 52.6 cm³/mol. The molecule has 3 nitrogen and oxygen atoms in total. The molecule has 0 bridgehead atoms. The fraction of sp³-hybridized carbons (Fsp3) is 0.364. The van der Waals surface area contributed by atoms with E-state index in [4.69, 9.17) is 0 Å². The molecule has 16 heavy (non-hydrogen) atoms. The van der Waals surface area contributed by atoms with E-state index in [9.17, 15) is 13.6 Å². The normalized spacial score (nSPS) is 11.3. The van der Waals surface area contributed by atoms with Gasteiger partial charge in [-0.2, -0.15) is 4.89 Å². The summed E-state index contributed by atoms with van der Waals surface area (Å²) in [5, 5.41) is 0. The van der Waals surface area contributed by atoms with Gasteiger partial charge in [0.15, 0.2) is 0 Å². The Morgan fingerprint density at radius 1 is 1.19 bits per heavy atom. The third kappa shape index (κ3) is 3.27. The van der Waals surface area contributed by atoms with Gasteiger partial charge in [0.25, 0.3) is 0 Å². The highest BCUT2D eigenvalue weighted by molar-refractivity contribution is 5.89. The van der Waals surface area contributed by atoms with E-state index in [0.29, 0.717) is 0 Å². The Kier molecular flexibility index (Phi) is 3.59. The SMILES string of the molecule is CC(C)(C)OOC(=O)c1c(F)cccc1F. The molecule has 0 saturated heterocycles. The Morgan fingerprint density at radius 2 is 1.69 bits per heavy atom. The molecule has 0 aromatic heterocycles. The molecular weight excluding hydrogens is 218 g/mol. The average Bonchev–Trinajstić information content (AvgIpc) is 2.13. The van der Waals surface area contributed by atoms with Crippen LogP contribution < -0.4 is 0 Å². The molecule has 0 heterocycles. The summed E-state index contributed by atoms with van der Waals surface area (Å²) in [5.41, 5.74) is -1.50. The van der Waals surface area contributed by atoms with Crippen molar-refractivity contribution >= 4 is 5.97 Å². The third-order valence-electron chi connectivity index (χ3n) is 1.53. The molecule has 5 heteroatoms. The summed E-state index contributed by atoms with van der Waals surface area (Å²) >= 11 is 0. The molecule has 0 unspecified atom stereocenters. The lowest BCUT2D eigenvalue weighted by Crippen LogP contribution is -2.22. The van der Waals surface area contributed by atoms with Crippen molar-refractivity contribution < 1.29 is 23.4 Å². The first kappa shape index (κ1) is 12.6. The number of hydrogen-bond donors (Lipinski definition) is 0. The fourth-order valence-corrected chi connectivity index (χ4v) is 0.897. The number of carbonyl (C=O) groups excluding carboxylic acids is 1. The molecule has 88 valence electrons. The Bertz CT molecular complexity index is 376. The second kappa shape index (κ2) is 4.57. The third-order valence-corrected chi connectivity index (χ3v) is 1.53. The van der Waals surface area contributed by atoms with E-state index in [0.717, 1.165) is 18.2 Å². The van der Waals surface area contributed by atoms with Crippen molar-refractivity contribution in [3.05, 3.63) is 35.4 Å². The number of halogens is 2. The molecule has 0 aliphatic rings. The highest BCUT2D eigenvalue weighted by Gasteiger charge is 2.22. The van der Waals surface area contributed by atoms with Gasteiger partial charge in [-0.1, -0.05) is 6.07 Å². The minimum Gasteiger partial charge on any atom is -0.292 e. The quantitative estimate of drug-likeness (QED) is 0.579. The molecule has 0 aliphatic carbocycles. The molecule has 0 aliphatic heterocycles. The first-order valence-corrected chi connectivity index (χ1v) is 4.65. The maximum Gasteiger partial charge on any atom is 0.379 e. The first-order chi connectivity index (χ1) is 7.31. The second-order valence-corrected chi connectivity index (χ2v) is 4.16. The minimum absolute atomic E-state index is 0.739. The van der Waals surface area contributed by atoms with Gasteiger partial charge in [-0.25, -0.2) is 13.6 Å². The number of benzene rings is 1. The Hall–Kier alpha value is -1.49. The molecule has 0 radical (unpaired) electrons. The zero-order chi connectivity index (χ0) is 12.3. The smallest absolute Gasteiger partial charge is 0.292 e. The van der Waals surface area contributed by atoms with Crippen molar-refractivity contribution in [3.63, 3.8) is 0 Å². The second-order valence-electron chi connectivity index (χ2n) is 4.16. The van der Waals surface area contributed by atoms with Crippen LogP contribution in [0.15, 0.2) is 18.2 Å². The zero-order valence-corrected chi connectivity index (χ0v) is 9.21. The van der Waals surface area contributed by atoms with Crippen LogP contribution in [0, 0.1) is 11.6 Å². The standard InChI is InChI=1S/C11H12F2O3/c1-11(2,3)16-15-10(14)9-7(12)5-4-6-8(9)13/h4-6H,1-3H3. The van der Waals surface area contributed by atoms with Gasteiger partial charge in [0.2, 0.25) is 0 Å². The number of hydrogen-bond acceptors (Lipinski definition) is 3. The number of carbonyl (C=O) groups is 1. The van der Waals surface area contributed by atoms with Crippen LogP contribution in [0.25, 0.3) is 0 Å². The van der Waals surface area contributed by atoms with Crippen LogP contribution in [0.5, 0.6) is 0 Å². The van der Waals surface area contributed by atoms with E-state index in [1.165, 1.54) is 0 Å². The maximum absolute atomic E-state index is 13.1. The molecule has 0 N–H and O–H groups in total. The molecule has 0 spiro atoms. The van der Waals surface area contributed by atoms with Crippen molar-refractivity contribution in [1.29, 1.82) is 0 Å². The van der Waals surface area contributed by atoms with Crippen LogP contribution >= 0.6 is 0 Å². The van der Waals surface area contributed by atoms with Crippen LogP contribution in [0.1, 0.15) is 31.1 Å². The summed E-state index contributed by atoms with van der Waals surface area (Å²) in [4.78, 5) is 20.3. The van der Waals surface area contributed by atoms with Crippen LogP contribution in [0.3, 0.4) is 0 Å². The lowest BCUT2D eigenvalue weighted by molar-refractivity contribution is -0.301. The van der Waals surface area contributed by atoms with Crippen molar-refractivity contribution in [3.8, 4) is 0 Å². The largest absolute Gasteiger partial charge is 0.379 e. The molecule has 1 rings (SSSR count). The van der Waals surface area contributed by atoms with Crippen molar-refractivity contribution in [2.24, 2.45) is 0 Å². The van der Waals surface area contributed by atoms with Gasteiger partial charge in [0.1, 0.15) is 22.8 Å². The van der Waals surface area contributed by atoms with E-state index >= 15 is 0 Å². The Balaban J connectivity index is 2.81. The van der Waals surface area contributed by atoms with Crippen molar-refractivity contribution in [2.75, 3.05) is 0 Å². The van der Waals surface area contributed by atoms with Crippen LogP contribution in [0.2, 0.25) is 0 Å². The lowest BCUT2D eigenvalue weighted by Gasteiger charge is -2.16. The fourth-order valence-electron chi connectivity index (χ4n) is 0.897. The highest BCUT2D eigenvalue weighted by atomic mass is 19.1. The van der Waals surface area contributed by atoms with Gasteiger partial charge in [-0.3, -0.25) is 4.89 Å². The van der Waals surface area contributed by atoms with Crippen LogP contribution in [-0.2, 0) is 9.78 Å². The summed E-state index contributed by atoms with van der Waals surface area (Å²) < 4.78 is 26.2. The molecule has 0 fully saturated rings. The predicted octanol–water partition coefficient (Wildman–Crippen LogP) is 2.85. The molecule has 1 aromatic rings. The summed E-state index contributed by atoms with van der Waals surface area (Å²) in [7, 11) is 0. The van der Waals surface area contributed by atoms with Gasteiger partial charge in [0.05, 0.1) is 0 Å². The van der Waals surface area contributed by atoms with E-state index in [2.05, 4.69) is 9.78 Å². The molecule has 1 aromatic carbocycles. The molecular formula is C11H12F2O3. The average molecular weight is 230 g/mol. The van der Waals surface area contributed by atoms with Gasteiger partial charge >= 0.3 is 5.97 Å². The van der Waals surface area contributed by atoms with E-state index in [1.54, 1.807) is 20.8 Å². The minimum atomic E-state index is -1.19. The van der Waals surface area contributed by atoms with E-state index in [-0.39, 0.29) is 0 Å². The Labute approximate surface area is 91.9 Å². The van der Waals surface area contributed by atoms with Gasteiger partial charge in [-0.05, 0) is 32.9 Å². The summed E-state index contributed by atoms with van der Waals surface area (Å²) in [6, 6.07) is 3.10. The van der Waals surface area contributed by atoms with Crippen LogP contribution in [0.4, 0.5) is 8.78 Å². The van der Waals surface area contributed by atoms with Crippen molar-refractivity contribution in [2.45, 2.75) is 26.4 Å². The van der Waals surface area contributed by atoms with E-state index in [1.807, 2.05) is 0 Å². The highest BCUT2D eigenvalue weighted by Crippen LogP contribution is 2.15. The first-order valence-electron chi connectivity index (χ1n) is 4.65. The monoisotopic (exact) mass is 230 g/mol. The van der Waals surface area contributed by atoms with Gasteiger partial charge in [0, 0.05) is 0 Å². The summed E-state index contributed by atoms with van der Waals surface area (Å²) in [6.45, 7) is 4.91. The topological polar surface area (TPSA) is 35.5 Å². The maximum atomic E-state index is 13.1. The molecule has 0 saturated carbocycles. The van der Waals surface area contributed by atoms with Gasteiger partial charge in [-0.15, -0.1) is 0 Å². The Morgan fingerprint density at radius 3 is 2.12 bits per heavy atom. The summed E-state index contributed by atoms with van der Waals surface area (Å²) in [6.07, 6.45) is 0. The molecule has 0 amide bonds. The van der Waals surface area contributed by atoms with Crippen molar-refractivity contribution in [1.82, 2.24) is 0 Å². The zero-order valence-electron chi connectivity index (χ0n) is 9.21. The van der Waals surface area contributed by atoms with E-state index < -0.39 is 28.8 Å². The lowest BCUT2D eigenvalue weighted by atomic mass is 10.2. The molecule has 0 atom stereocenters. The summed E-state index contributed by atoms with van der Waals surface area (Å²) in [5.74, 6) is -3.16. The van der Waals surface area contributed by atoms with Gasteiger partial charge < -0.3 is 0 Å². The van der Waals surface area contributed by atoms with Crippen LogP contribution in [-0.4, -0.2) is 11.6 Å². The number of rotatable bonds is 2.